The van der Waals surface area contributed by atoms with Crippen molar-refractivity contribution in [3.05, 3.63) is 48.4 Å². The molecular weight excluding hydrogens is 263 g/mol. The van der Waals surface area contributed by atoms with Gasteiger partial charge in [-0.1, -0.05) is 30.3 Å². The van der Waals surface area contributed by atoms with E-state index in [0.29, 0.717) is 0 Å². The predicted molar refractivity (Wildman–Crippen MR) is 83.5 cm³/mol. The van der Waals surface area contributed by atoms with Crippen molar-refractivity contribution in [1.29, 1.82) is 0 Å². The van der Waals surface area contributed by atoms with Crippen molar-refractivity contribution in [2.75, 3.05) is 0 Å². The Kier molecular flexibility index (Phi) is 3.42. The standard InChI is InChI=1S/C16H21BN2O2/c1-15(2)16(3,4)21-17(20-15)14-10-18-12-19(14)11-13-8-6-5-7-9-13/h5-10,12H,11H2,1-4H3. The van der Waals surface area contributed by atoms with Crippen molar-refractivity contribution in [2.45, 2.75) is 45.4 Å². The maximum Gasteiger partial charge on any atom is 0.514 e. The lowest BCUT2D eigenvalue weighted by Crippen LogP contribution is -2.41. The first-order valence-electron chi connectivity index (χ1n) is 7.29. The lowest BCUT2D eigenvalue weighted by atomic mass is 9.85. The van der Waals surface area contributed by atoms with Crippen LogP contribution in [0.3, 0.4) is 0 Å². The minimum atomic E-state index is -0.374. The number of hydrogen-bond acceptors (Lipinski definition) is 3. The molecular formula is C16H21BN2O2. The van der Waals surface area contributed by atoms with Gasteiger partial charge in [-0.15, -0.1) is 0 Å². The highest BCUT2D eigenvalue weighted by Gasteiger charge is 2.52. The largest absolute Gasteiger partial charge is 0.514 e. The van der Waals surface area contributed by atoms with Crippen LogP contribution < -0.4 is 5.59 Å². The quantitative estimate of drug-likeness (QED) is 0.811. The first-order chi connectivity index (χ1) is 9.89. The fraction of sp³-hybridized carbons (Fsp3) is 0.438. The van der Waals surface area contributed by atoms with Crippen LogP contribution in [-0.4, -0.2) is 27.9 Å². The van der Waals surface area contributed by atoms with Gasteiger partial charge in [-0.05, 0) is 33.3 Å². The van der Waals surface area contributed by atoms with Crippen molar-refractivity contribution in [3.8, 4) is 0 Å². The molecule has 21 heavy (non-hydrogen) atoms. The molecule has 0 spiro atoms. The van der Waals surface area contributed by atoms with Crippen molar-refractivity contribution in [1.82, 2.24) is 9.55 Å². The molecule has 0 radical (unpaired) electrons. The second-order valence-electron chi connectivity index (χ2n) is 6.52. The van der Waals surface area contributed by atoms with Crippen LogP contribution in [-0.2, 0) is 15.9 Å². The van der Waals surface area contributed by atoms with Gasteiger partial charge in [0, 0.05) is 12.7 Å². The van der Waals surface area contributed by atoms with Crippen LogP contribution in [0.2, 0.25) is 0 Å². The zero-order valence-corrected chi connectivity index (χ0v) is 13.0. The molecule has 2 aromatic rings. The van der Waals surface area contributed by atoms with Crippen LogP contribution in [0.1, 0.15) is 33.3 Å². The number of imidazole rings is 1. The lowest BCUT2D eigenvalue weighted by molar-refractivity contribution is 0.00578. The minimum Gasteiger partial charge on any atom is -0.398 e. The van der Waals surface area contributed by atoms with E-state index in [2.05, 4.69) is 49.4 Å². The van der Waals surface area contributed by atoms with Gasteiger partial charge < -0.3 is 13.9 Å². The summed E-state index contributed by atoms with van der Waals surface area (Å²) in [7, 11) is -0.374. The molecule has 0 N–H and O–H groups in total. The summed E-state index contributed by atoms with van der Waals surface area (Å²) in [6, 6.07) is 10.3. The van der Waals surface area contributed by atoms with Crippen LogP contribution in [0.5, 0.6) is 0 Å². The van der Waals surface area contributed by atoms with Crippen LogP contribution in [0.4, 0.5) is 0 Å². The molecule has 0 saturated carbocycles. The van der Waals surface area contributed by atoms with E-state index < -0.39 is 0 Å². The van der Waals surface area contributed by atoms with Gasteiger partial charge in [0.1, 0.15) is 0 Å². The zero-order valence-electron chi connectivity index (χ0n) is 13.0. The van der Waals surface area contributed by atoms with E-state index in [1.165, 1.54) is 5.56 Å². The first-order valence-corrected chi connectivity index (χ1v) is 7.29. The van der Waals surface area contributed by atoms with Crippen LogP contribution >= 0.6 is 0 Å². The highest BCUT2D eigenvalue weighted by molar-refractivity contribution is 6.61. The summed E-state index contributed by atoms with van der Waals surface area (Å²) in [6.45, 7) is 9.01. The summed E-state index contributed by atoms with van der Waals surface area (Å²) in [5.74, 6) is 0. The maximum atomic E-state index is 6.10. The lowest BCUT2D eigenvalue weighted by Gasteiger charge is -2.32. The van der Waals surface area contributed by atoms with E-state index in [1.54, 1.807) is 0 Å². The molecule has 2 heterocycles. The van der Waals surface area contributed by atoms with E-state index in [-0.39, 0.29) is 18.3 Å². The number of nitrogens with zero attached hydrogens (tertiary/aromatic N) is 2. The van der Waals surface area contributed by atoms with Gasteiger partial charge in [0.15, 0.2) is 0 Å². The Labute approximate surface area is 126 Å². The third kappa shape index (κ3) is 2.63. The molecule has 0 bridgehead atoms. The predicted octanol–water partition coefficient (Wildman–Crippen LogP) is 2.23. The van der Waals surface area contributed by atoms with Crippen LogP contribution in [0.15, 0.2) is 42.9 Å². The average Bonchev–Trinajstić information content (AvgIpc) is 2.94. The Balaban J connectivity index is 1.84. The molecule has 0 amide bonds. The van der Waals surface area contributed by atoms with Crippen molar-refractivity contribution in [2.24, 2.45) is 0 Å². The molecule has 1 aliphatic heterocycles. The molecule has 1 aromatic carbocycles. The first kappa shape index (κ1) is 14.4. The van der Waals surface area contributed by atoms with Gasteiger partial charge in [0.2, 0.25) is 0 Å². The third-order valence-corrected chi connectivity index (χ3v) is 4.43. The molecule has 5 heteroatoms. The molecule has 110 valence electrons. The summed E-state index contributed by atoms with van der Waals surface area (Å²) in [5, 5.41) is 0. The van der Waals surface area contributed by atoms with Gasteiger partial charge in [-0.3, -0.25) is 0 Å². The summed E-state index contributed by atoms with van der Waals surface area (Å²) in [6.07, 6.45) is 3.65. The number of hydrogen-bond donors (Lipinski definition) is 0. The molecule has 1 fully saturated rings. The molecule has 4 nitrogen and oxygen atoms in total. The molecule has 3 rings (SSSR count). The Morgan fingerprint density at radius 1 is 1.05 bits per heavy atom. The second kappa shape index (κ2) is 5.00. The molecule has 0 atom stereocenters. The van der Waals surface area contributed by atoms with E-state index >= 15 is 0 Å². The highest BCUT2D eigenvalue weighted by atomic mass is 16.7. The maximum absolute atomic E-state index is 6.10. The van der Waals surface area contributed by atoms with E-state index in [0.717, 1.165) is 12.1 Å². The minimum absolute atomic E-state index is 0.334. The van der Waals surface area contributed by atoms with E-state index in [4.69, 9.17) is 9.31 Å². The van der Waals surface area contributed by atoms with Crippen LogP contribution in [0.25, 0.3) is 0 Å². The van der Waals surface area contributed by atoms with Gasteiger partial charge in [0.25, 0.3) is 0 Å². The Bertz CT molecular complexity index is 606. The van der Waals surface area contributed by atoms with Gasteiger partial charge in [-0.25, -0.2) is 4.98 Å². The monoisotopic (exact) mass is 284 g/mol. The average molecular weight is 284 g/mol. The fourth-order valence-corrected chi connectivity index (χ4v) is 2.40. The molecule has 1 aromatic heterocycles. The number of aromatic nitrogens is 2. The summed E-state index contributed by atoms with van der Waals surface area (Å²) in [5.41, 5.74) is 1.52. The smallest absolute Gasteiger partial charge is 0.398 e. The number of benzene rings is 1. The Morgan fingerprint density at radius 2 is 1.67 bits per heavy atom. The topological polar surface area (TPSA) is 36.3 Å². The van der Waals surface area contributed by atoms with Gasteiger partial charge in [-0.2, -0.15) is 0 Å². The summed E-state index contributed by atoms with van der Waals surface area (Å²) in [4.78, 5) is 4.26. The number of rotatable bonds is 3. The Morgan fingerprint density at radius 3 is 2.29 bits per heavy atom. The molecule has 1 saturated heterocycles. The molecule has 1 aliphatic rings. The fourth-order valence-electron chi connectivity index (χ4n) is 2.40. The van der Waals surface area contributed by atoms with Crippen molar-refractivity contribution < 1.29 is 9.31 Å². The van der Waals surface area contributed by atoms with E-state index in [9.17, 15) is 0 Å². The van der Waals surface area contributed by atoms with Gasteiger partial charge in [0.05, 0.1) is 23.1 Å². The third-order valence-electron chi connectivity index (χ3n) is 4.43. The summed E-state index contributed by atoms with van der Waals surface area (Å²) >= 11 is 0. The van der Waals surface area contributed by atoms with Crippen molar-refractivity contribution >= 4 is 12.7 Å². The zero-order chi connectivity index (χ0) is 15.1. The SMILES string of the molecule is CC1(C)OB(c2cncn2Cc2ccccc2)OC1(C)C. The Hall–Kier alpha value is -1.59. The van der Waals surface area contributed by atoms with E-state index in [1.807, 2.05) is 30.7 Å². The molecule has 0 aliphatic carbocycles. The summed E-state index contributed by atoms with van der Waals surface area (Å²) < 4.78 is 14.3. The highest BCUT2D eigenvalue weighted by Crippen LogP contribution is 2.36. The normalized spacial score (nSPS) is 19.9. The van der Waals surface area contributed by atoms with Gasteiger partial charge >= 0.3 is 7.12 Å². The molecule has 0 unspecified atom stereocenters. The van der Waals surface area contributed by atoms with Crippen molar-refractivity contribution in [3.63, 3.8) is 0 Å². The van der Waals surface area contributed by atoms with Crippen LogP contribution in [0, 0.1) is 0 Å². The second-order valence-corrected chi connectivity index (χ2v) is 6.52.